The molecular formula is C18H24N6O2. The Bertz CT molecular complexity index is 826. The lowest BCUT2D eigenvalue weighted by Crippen LogP contribution is -2.45. The number of amides is 2. The second-order valence-corrected chi connectivity index (χ2v) is 6.45. The number of nitrogens with zero attached hydrogens (tertiary/aromatic N) is 4. The fraction of sp³-hybridized carbons (Fsp3) is 0.389. The van der Waals surface area contributed by atoms with E-state index in [9.17, 15) is 9.59 Å². The standard InChI is InChI=1S/C18H24N6O2/c1-22-8-10-24(11-9-22)17-14(4-3-7-19-17)12-20-18(26)21-15-5-6-16(25)23(2)13-15/h3-7,13H,8-12H2,1-2H3,(H2,20,21,26). The van der Waals surface area contributed by atoms with Crippen LogP contribution in [0.15, 0.2) is 41.5 Å². The molecule has 1 aliphatic rings. The van der Waals surface area contributed by atoms with Crippen LogP contribution in [0.4, 0.5) is 16.3 Å². The Hall–Kier alpha value is -2.87. The van der Waals surface area contributed by atoms with Crippen LogP contribution in [-0.2, 0) is 13.6 Å². The molecule has 1 saturated heterocycles. The Morgan fingerprint density at radius 1 is 1.15 bits per heavy atom. The van der Waals surface area contributed by atoms with Crippen LogP contribution in [0.25, 0.3) is 0 Å². The number of aryl methyl sites for hydroxylation is 1. The van der Waals surface area contributed by atoms with Crippen molar-refractivity contribution >= 4 is 17.5 Å². The number of hydrogen-bond acceptors (Lipinski definition) is 5. The first-order chi connectivity index (χ1) is 12.5. The molecule has 2 aromatic heterocycles. The molecule has 1 fully saturated rings. The third-order valence-corrected chi connectivity index (χ3v) is 4.45. The quantitative estimate of drug-likeness (QED) is 0.849. The Kier molecular flexibility index (Phi) is 5.52. The fourth-order valence-electron chi connectivity index (χ4n) is 2.89. The molecule has 0 atom stereocenters. The van der Waals surface area contributed by atoms with Crippen molar-refractivity contribution in [3.8, 4) is 0 Å². The minimum absolute atomic E-state index is 0.122. The van der Waals surface area contributed by atoms with Crippen molar-refractivity contribution in [3.05, 3.63) is 52.6 Å². The van der Waals surface area contributed by atoms with Gasteiger partial charge in [-0.3, -0.25) is 4.79 Å². The molecule has 0 radical (unpaired) electrons. The summed E-state index contributed by atoms with van der Waals surface area (Å²) in [7, 11) is 3.76. The first-order valence-electron chi connectivity index (χ1n) is 8.62. The third-order valence-electron chi connectivity index (χ3n) is 4.45. The van der Waals surface area contributed by atoms with Crippen molar-refractivity contribution < 1.29 is 4.79 Å². The normalized spacial score (nSPS) is 14.9. The fourth-order valence-corrected chi connectivity index (χ4v) is 2.89. The highest BCUT2D eigenvalue weighted by Gasteiger charge is 2.18. The molecule has 0 saturated carbocycles. The maximum atomic E-state index is 12.2. The van der Waals surface area contributed by atoms with Gasteiger partial charge in [-0.2, -0.15) is 0 Å². The second-order valence-electron chi connectivity index (χ2n) is 6.45. The van der Waals surface area contributed by atoms with Gasteiger partial charge in [0.2, 0.25) is 5.56 Å². The van der Waals surface area contributed by atoms with Gasteiger partial charge in [-0.25, -0.2) is 9.78 Å². The van der Waals surface area contributed by atoms with Gasteiger partial charge in [0.15, 0.2) is 0 Å². The van der Waals surface area contributed by atoms with Crippen molar-refractivity contribution in [2.24, 2.45) is 7.05 Å². The molecule has 8 nitrogen and oxygen atoms in total. The number of piperazine rings is 1. The number of hydrogen-bond donors (Lipinski definition) is 2. The smallest absolute Gasteiger partial charge is 0.319 e. The largest absolute Gasteiger partial charge is 0.354 e. The van der Waals surface area contributed by atoms with E-state index in [1.807, 2.05) is 12.1 Å². The Balaban J connectivity index is 1.61. The minimum atomic E-state index is -0.322. The maximum Gasteiger partial charge on any atom is 0.319 e. The summed E-state index contributed by atoms with van der Waals surface area (Å²) in [5.74, 6) is 0.919. The number of likely N-dealkylation sites (N-methyl/N-ethyl adjacent to an activating group) is 1. The van der Waals surface area contributed by atoms with E-state index in [1.165, 1.54) is 10.6 Å². The summed E-state index contributed by atoms with van der Waals surface area (Å²) in [4.78, 5) is 32.6. The zero-order valence-corrected chi connectivity index (χ0v) is 15.1. The van der Waals surface area contributed by atoms with Gasteiger partial charge in [-0.1, -0.05) is 6.07 Å². The molecule has 26 heavy (non-hydrogen) atoms. The highest BCUT2D eigenvalue weighted by molar-refractivity contribution is 5.89. The number of nitrogens with one attached hydrogen (secondary N) is 2. The van der Waals surface area contributed by atoms with Crippen molar-refractivity contribution in [1.29, 1.82) is 0 Å². The first kappa shape index (κ1) is 17.9. The molecule has 2 amide bonds. The topological polar surface area (TPSA) is 82.5 Å². The van der Waals surface area contributed by atoms with Crippen LogP contribution in [0.2, 0.25) is 0 Å². The number of pyridine rings is 2. The number of anilines is 2. The van der Waals surface area contributed by atoms with Crippen molar-refractivity contribution in [1.82, 2.24) is 19.8 Å². The Morgan fingerprint density at radius 2 is 1.92 bits per heavy atom. The zero-order valence-electron chi connectivity index (χ0n) is 15.1. The van der Waals surface area contributed by atoms with Crippen LogP contribution >= 0.6 is 0 Å². The van der Waals surface area contributed by atoms with Crippen LogP contribution in [0, 0.1) is 0 Å². The summed E-state index contributed by atoms with van der Waals surface area (Å²) in [6, 6.07) is 6.54. The third kappa shape index (κ3) is 4.40. The lowest BCUT2D eigenvalue weighted by Gasteiger charge is -2.34. The SMILES string of the molecule is CN1CCN(c2ncccc2CNC(=O)Nc2ccc(=O)n(C)c2)CC1. The van der Waals surface area contributed by atoms with Gasteiger partial charge in [0.1, 0.15) is 5.82 Å². The van der Waals surface area contributed by atoms with Crippen LogP contribution in [-0.4, -0.2) is 53.7 Å². The molecule has 1 aliphatic heterocycles. The van der Waals surface area contributed by atoms with E-state index < -0.39 is 0 Å². The van der Waals surface area contributed by atoms with Crippen LogP contribution < -0.4 is 21.1 Å². The van der Waals surface area contributed by atoms with Gasteiger partial charge in [-0.15, -0.1) is 0 Å². The molecule has 0 aliphatic carbocycles. The summed E-state index contributed by atoms with van der Waals surface area (Å²) in [5.41, 5.74) is 1.42. The van der Waals surface area contributed by atoms with E-state index in [0.29, 0.717) is 12.2 Å². The Labute approximate surface area is 152 Å². The predicted molar refractivity (Wildman–Crippen MR) is 101 cm³/mol. The predicted octanol–water partition coefficient (Wildman–Crippen LogP) is 0.854. The van der Waals surface area contributed by atoms with E-state index in [2.05, 4.69) is 32.5 Å². The molecule has 138 valence electrons. The number of carbonyl (C=O) groups excluding carboxylic acids is 1. The zero-order chi connectivity index (χ0) is 18.5. The van der Waals surface area contributed by atoms with E-state index >= 15 is 0 Å². The lowest BCUT2D eigenvalue weighted by atomic mass is 10.2. The van der Waals surface area contributed by atoms with Crippen molar-refractivity contribution in [3.63, 3.8) is 0 Å². The molecule has 2 N–H and O–H groups in total. The van der Waals surface area contributed by atoms with E-state index in [-0.39, 0.29) is 11.6 Å². The summed E-state index contributed by atoms with van der Waals surface area (Å²) in [6.45, 7) is 4.22. The molecule has 3 rings (SSSR count). The summed E-state index contributed by atoms with van der Waals surface area (Å²) >= 11 is 0. The maximum absolute atomic E-state index is 12.2. The highest BCUT2D eigenvalue weighted by Crippen LogP contribution is 2.18. The lowest BCUT2D eigenvalue weighted by molar-refractivity contribution is 0.251. The van der Waals surface area contributed by atoms with Crippen LogP contribution in [0.3, 0.4) is 0 Å². The average molecular weight is 356 g/mol. The molecule has 0 unspecified atom stereocenters. The molecule has 3 heterocycles. The first-order valence-corrected chi connectivity index (χ1v) is 8.62. The summed E-state index contributed by atoms with van der Waals surface area (Å²) in [5, 5.41) is 5.59. The van der Waals surface area contributed by atoms with E-state index in [1.54, 1.807) is 25.5 Å². The average Bonchev–Trinajstić information content (AvgIpc) is 2.64. The number of carbonyl (C=O) groups is 1. The molecule has 0 bridgehead atoms. The van der Waals surface area contributed by atoms with Crippen LogP contribution in [0.1, 0.15) is 5.56 Å². The monoisotopic (exact) mass is 356 g/mol. The minimum Gasteiger partial charge on any atom is -0.354 e. The summed E-state index contributed by atoms with van der Waals surface area (Å²) < 4.78 is 1.42. The van der Waals surface area contributed by atoms with E-state index in [0.717, 1.165) is 37.6 Å². The molecule has 2 aromatic rings. The number of aromatic nitrogens is 2. The van der Waals surface area contributed by atoms with Crippen molar-refractivity contribution in [2.45, 2.75) is 6.54 Å². The highest BCUT2D eigenvalue weighted by atomic mass is 16.2. The van der Waals surface area contributed by atoms with Gasteiger partial charge in [0, 0.05) is 63.8 Å². The van der Waals surface area contributed by atoms with Crippen molar-refractivity contribution in [2.75, 3.05) is 43.4 Å². The van der Waals surface area contributed by atoms with Gasteiger partial charge in [0.05, 0.1) is 5.69 Å². The molecule has 0 spiro atoms. The molecule has 8 heteroatoms. The van der Waals surface area contributed by atoms with Gasteiger partial charge in [0.25, 0.3) is 0 Å². The van der Waals surface area contributed by atoms with Crippen LogP contribution in [0.5, 0.6) is 0 Å². The van der Waals surface area contributed by atoms with E-state index in [4.69, 9.17) is 0 Å². The molecule has 0 aromatic carbocycles. The van der Waals surface area contributed by atoms with Gasteiger partial charge >= 0.3 is 6.03 Å². The number of rotatable bonds is 4. The second kappa shape index (κ2) is 8.01. The summed E-state index contributed by atoms with van der Waals surface area (Å²) in [6.07, 6.45) is 3.36. The van der Waals surface area contributed by atoms with Gasteiger partial charge < -0.3 is 25.0 Å². The molecular weight excluding hydrogens is 332 g/mol. The Morgan fingerprint density at radius 3 is 2.65 bits per heavy atom. The van der Waals surface area contributed by atoms with Gasteiger partial charge in [-0.05, 0) is 19.2 Å². The number of urea groups is 1.